The van der Waals surface area contributed by atoms with E-state index in [0.717, 1.165) is 11.2 Å². The number of fused-ring (bicyclic) bond motifs is 12. The van der Waals surface area contributed by atoms with Crippen LogP contribution < -0.4 is 0 Å². The van der Waals surface area contributed by atoms with Gasteiger partial charge in [0.25, 0.3) is 0 Å². The van der Waals surface area contributed by atoms with E-state index in [0.29, 0.717) is 0 Å². The highest BCUT2D eigenvalue weighted by molar-refractivity contribution is 6.22. The van der Waals surface area contributed by atoms with Crippen LogP contribution in [0.3, 0.4) is 0 Å². The molecule has 0 aliphatic heterocycles. The number of furan rings is 1. The third kappa shape index (κ3) is 4.75. The van der Waals surface area contributed by atoms with Gasteiger partial charge in [0, 0.05) is 16.2 Å². The molecule has 1 heteroatoms. The van der Waals surface area contributed by atoms with E-state index in [1.807, 2.05) is 6.07 Å². The molecule has 0 N–H and O–H groups in total. The van der Waals surface area contributed by atoms with E-state index in [2.05, 4.69) is 202 Å². The van der Waals surface area contributed by atoms with Crippen LogP contribution in [0.5, 0.6) is 0 Å². The van der Waals surface area contributed by atoms with Crippen molar-refractivity contribution in [2.75, 3.05) is 0 Å². The molecular weight excluding hydrogens is 725 g/mol. The van der Waals surface area contributed by atoms with E-state index in [1.54, 1.807) is 0 Å². The molecule has 1 heterocycles. The average Bonchev–Trinajstić information content (AvgIpc) is 3.78. The molecule has 11 aromatic carbocycles. The number of benzene rings is 11. The fourth-order valence-electron chi connectivity index (χ4n) is 10.6. The zero-order valence-electron chi connectivity index (χ0n) is 33.4. The SMILES string of the molecule is CC1(C)c2ccc(-c3ccc4cc(-c5c6ccccc6c(-c6ccc7ccccc7c6)c6ccccc56)ccc4c3)cc2-c2cc3ccc4oc5ccccc5c4c3cc21. The van der Waals surface area contributed by atoms with Gasteiger partial charge in [0.2, 0.25) is 0 Å². The van der Waals surface area contributed by atoms with Crippen LogP contribution in [0.4, 0.5) is 0 Å². The predicted molar refractivity (Wildman–Crippen MR) is 255 cm³/mol. The van der Waals surface area contributed by atoms with Crippen LogP contribution in [0.2, 0.25) is 0 Å². The van der Waals surface area contributed by atoms with Crippen molar-refractivity contribution in [3.63, 3.8) is 0 Å². The van der Waals surface area contributed by atoms with Crippen molar-refractivity contribution >= 4 is 75.8 Å². The molecule has 0 saturated heterocycles. The molecule has 12 aromatic rings. The smallest absolute Gasteiger partial charge is 0.136 e. The highest BCUT2D eigenvalue weighted by atomic mass is 16.3. The number of rotatable bonds is 3. The maximum atomic E-state index is 6.28. The van der Waals surface area contributed by atoms with Crippen LogP contribution >= 0.6 is 0 Å². The van der Waals surface area contributed by atoms with Gasteiger partial charge in [-0.1, -0.05) is 159 Å². The molecule has 0 spiro atoms. The molecule has 1 aliphatic rings. The summed E-state index contributed by atoms with van der Waals surface area (Å²) in [5.41, 5.74) is 14.7. The summed E-state index contributed by atoms with van der Waals surface area (Å²) in [6.45, 7) is 4.74. The number of hydrogen-bond acceptors (Lipinski definition) is 1. The molecule has 60 heavy (non-hydrogen) atoms. The van der Waals surface area contributed by atoms with Crippen LogP contribution in [0.25, 0.3) is 120 Å². The summed E-state index contributed by atoms with van der Waals surface area (Å²) in [6.07, 6.45) is 0. The quantitative estimate of drug-likeness (QED) is 0.163. The molecule has 0 fully saturated rings. The summed E-state index contributed by atoms with van der Waals surface area (Å²) in [6, 6.07) is 72.1. The lowest BCUT2D eigenvalue weighted by Crippen LogP contribution is -2.14. The zero-order valence-corrected chi connectivity index (χ0v) is 33.4. The summed E-state index contributed by atoms with van der Waals surface area (Å²) in [7, 11) is 0. The van der Waals surface area contributed by atoms with Crippen molar-refractivity contribution in [1.82, 2.24) is 0 Å². The largest absolute Gasteiger partial charge is 0.456 e. The fraction of sp³-hybridized carbons (Fsp3) is 0.0508. The molecule has 0 amide bonds. The molecule has 1 nitrogen and oxygen atoms in total. The second kappa shape index (κ2) is 12.3. The average molecular weight is 763 g/mol. The molecule has 280 valence electrons. The maximum Gasteiger partial charge on any atom is 0.136 e. The van der Waals surface area contributed by atoms with Gasteiger partial charge in [-0.2, -0.15) is 0 Å². The van der Waals surface area contributed by atoms with Gasteiger partial charge in [0.1, 0.15) is 11.2 Å². The third-order valence-corrected chi connectivity index (χ3v) is 13.6. The number of hydrogen-bond donors (Lipinski definition) is 0. The number of para-hydroxylation sites is 1. The Morgan fingerprint density at radius 3 is 1.48 bits per heavy atom. The molecule has 0 bridgehead atoms. The van der Waals surface area contributed by atoms with E-state index in [1.165, 1.54) is 120 Å². The second-order valence-corrected chi connectivity index (χ2v) is 17.2. The molecule has 1 aliphatic carbocycles. The zero-order chi connectivity index (χ0) is 39.7. The summed E-state index contributed by atoms with van der Waals surface area (Å²) in [4.78, 5) is 0. The molecule has 13 rings (SSSR count). The van der Waals surface area contributed by atoms with Crippen LogP contribution in [0.1, 0.15) is 25.0 Å². The van der Waals surface area contributed by atoms with Crippen molar-refractivity contribution in [3.8, 4) is 44.5 Å². The maximum absolute atomic E-state index is 6.28. The standard InChI is InChI=1S/C59H38O/c1-59(2)52-27-25-40(32-50(52)51-33-41-26-28-55-58(49(41)34-53(51)59)48-17-9-10-18-54(48)60-55)38-20-21-39-31-43(24-22-37(39)29-38)57-46-15-7-5-13-44(46)56(45-14-6-8-16-47(45)57)42-23-19-35-11-3-4-12-36(35)30-42/h3-34H,1-2H3. The first-order valence-corrected chi connectivity index (χ1v) is 21.0. The van der Waals surface area contributed by atoms with Crippen molar-refractivity contribution in [1.29, 1.82) is 0 Å². The third-order valence-electron chi connectivity index (χ3n) is 13.6. The van der Waals surface area contributed by atoms with Gasteiger partial charge >= 0.3 is 0 Å². The van der Waals surface area contributed by atoms with E-state index in [9.17, 15) is 0 Å². The van der Waals surface area contributed by atoms with Gasteiger partial charge in [-0.05, 0) is 158 Å². The highest BCUT2D eigenvalue weighted by Gasteiger charge is 2.36. The lowest BCUT2D eigenvalue weighted by atomic mass is 9.81. The van der Waals surface area contributed by atoms with Gasteiger partial charge in [0.05, 0.1) is 0 Å². The molecular formula is C59H38O. The Bertz CT molecular complexity index is 3750. The molecule has 1 aromatic heterocycles. The summed E-state index contributed by atoms with van der Waals surface area (Å²) in [5, 5.41) is 15.0. The van der Waals surface area contributed by atoms with Crippen molar-refractivity contribution < 1.29 is 4.42 Å². The first kappa shape index (κ1) is 33.5. The van der Waals surface area contributed by atoms with Gasteiger partial charge in [0.15, 0.2) is 0 Å². The first-order chi connectivity index (χ1) is 29.5. The van der Waals surface area contributed by atoms with Crippen LogP contribution in [-0.4, -0.2) is 0 Å². The normalized spacial score (nSPS) is 13.3. The fourth-order valence-corrected chi connectivity index (χ4v) is 10.6. The highest BCUT2D eigenvalue weighted by Crippen LogP contribution is 2.52. The van der Waals surface area contributed by atoms with Crippen molar-refractivity contribution in [3.05, 3.63) is 205 Å². The van der Waals surface area contributed by atoms with E-state index >= 15 is 0 Å². The van der Waals surface area contributed by atoms with Crippen molar-refractivity contribution in [2.45, 2.75) is 19.3 Å². The Morgan fingerprint density at radius 2 is 0.800 bits per heavy atom. The van der Waals surface area contributed by atoms with Crippen LogP contribution in [0, 0.1) is 0 Å². The minimum Gasteiger partial charge on any atom is -0.456 e. The molecule has 0 radical (unpaired) electrons. The minimum absolute atomic E-state index is 0.124. The van der Waals surface area contributed by atoms with Gasteiger partial charge in [-0.15, -0.1) is 0 Å². The van der Waals surface area contributed by atoms with E-state index in [-0.39, 0.29) is 5.41 Å². The van der Waals surface area contributed by atoms with Crippen LogP contribution in [-0.2, 0) is 5.41 Å². The lowest BCUT2D eigenvalue weighted by Gasteiger charge is -2.22. The van der Waals surface area contributed by atoms with Gasteiger partial charge in [-0.3, -0.25) is 0 Å². The topological polar surface area (TPSA) is 13.1 Å². The van der Waals surface area contributed by atoms with E-state index < -0.39 is 0 Å². The molecule has 0 saturated carbocycles. The Morgan fingerprint density at radius 1 is 0.317 bits per heavy atom. The van der Waals surface area contributed by atoms with Gasteiger partial charge in [-0.25, -0.2) is 0 Å². The summed E-state index contributed by atoms with van der Waals surface area (Å²) < 4.78 is 6.28. The Kier molecular flexibility index (Phi) is 6.85. The first-order valence-electron chi connectivity index (χ1n) is 21.0. The molecule has 0 unspecified atom stereocenters. The monoisotopic (exact) mass is 762 g/mol. The second-order valence-electron chi connectivity index (χ2n) is 17.2. The predicted octanol–water partition coefficient (Wildman–Crippen LogP) is 16.7. The Balaban J connectivity index is 0.920. The van der Waals surface area contributed by atoms with Crippen LogP contribution in [0.15, 0.2) is 199 Å². The lowest BCUT2D eigenvalue weighted by molar-refractivity contribution is 0.661. The summed E-state index contributed by atoms with van der Waals surface area (Å²) in [5.74, 6) is 0. The Hall–Kier alpha value is -7.48. The van der Waals surface area contributed by atoms with Crippen molar-refractivity contribution in [2.24, 2.45) is 0 Å². The molecule has 0 atom stereocenters. The Labute approximate surface area is 347 Å². The van der Waals surface area contributed by atoms with Gasteiger partial charge < -0.3 is 4.42 Å². The summed E-state index contributed by atoms with van der Waals surface area (Å²) >= 11 is 0. The van der Waals surface area contributed by atoms with E-state index in [4.69, 9.17) is 4.42 Å². The minimum atomic E-state index is -0.124.